The summed E-state index contributed by atoms with van der Waals surface area (Å²) in [6, 6.07) is 6.50. The van der Waals surface area contributed by atoms with Gasteiger partial charge in [-0.3, -0.25) is 4.70 Å². The maximum Gasteiger partial charge on any atom is 0.339 e. The van der Waals surface area contributed by atoms with E-state index in [1.165, 1.54) is 13.2 Å². The molecule has 3 nitrogen and oxygen atoms in total. The highest BCUT2D eigenvalue weighted by atomic mass is 19.0. The third-order valence-electron chi connectivity index (χ3n) is 1.34. The number of carboxylic acids is 1. The Hall–Kier alpha value is -1.58. The van der Waals surface area contributed by atoms with Crippen molar-refractivity contribution in [3.63, 3.8) is 0 Å². The van der Waals surface area contributed by atoms with E-state index in [9.17, 15) is 4.79 Å². The Bertz CT molecular complexity index is 273. The summed E-state index contributed by atoms with van der Waals surface area (Å²) in [5.41, 5.74) is 0.190. The fourth-order valence-electron chi connectivity index (χ4n) is 0.821. The van der Waals surface area contributed by atoms with E-state index in [0.29, 0.717) is 5.75 Å². The molecule has 0 aliphatic heterocycles. The van der Waals surface area contributed by atoms with E-state index in [1.807, 2.05) is 0 Å². The van der Waals surface area contributed by atoms with Crippen LogP contribution in [0.4, 0.5) is 4.70 Å². The molecule has 0 aliphatic carbocycles. The van der Waals surface area contributed by atoms with Crippen molar-refractivity contribution in [2.45, 2.75) is 0 Å². The Balaban J connectivity index is 0.00000121. The van der Waals surface area contributed by atoms with Crippen LogP contribution in [0.1, 0.15) is 10.4 Å². The first-order valence-corrected chi connectivity index (χ1v) is 3.12. The molecule has 0 amide bonds. The van der Waals surface area contributed by atoms with Gasteiger partial charge in [0.25, 0.3) is 0 Å². The van der Waals surface area contributed by atoms with Gasteiger partial charge in [0.15, 0.2) is 0 Å². The molecular weight excluding hydrogens is 163 g/mol. The van der Waals surface area contributed by atoms with Crippen molar-refractivity contribution in [3.05, 3.63) is 29.8 Å². The molecule has 0 saturated heterocycles. The van der Waals surface area contributed by atoms with Crippen LogP contribution in [0.2, 0.25) is 0 Å². The molecule has 1 N–H and O–H groups in total. The third kappa shape index (κ3) is 1.95. The minimum Gasteiger partial charge on any atom is -0.496 e. The van der Waals surface area contributed by atoms with E-state index in [1.54, 1.807) is 18.2 Å². The molecule has 0 spiro atoms. The number of carbonyl (C=O) groups is 1. The van der Waals surface area contributed by atoms with E-state index >= 15 is 0 Å². The maximum atomic E-state index is 10.5. The lowest BCUT2D eigenvalue weighted by molar-refractivity contribution is 0.0693. The van der Waals surface area contributed by atoms with E-state index < -0.39 is 5.97 Å². The molecule has 0 saturated carbocycles. The van der Waals surface area contributed by atoms with Crippen LogP contribution in [0.3, 0.4) is 0 Å². The van der Waals surface area contributed by atoms with Gasteiger partial charge in [0, 0.05) is 0 Å². The van der Waals surface area contributed by atoms with Crippen LogP contribution >= 0.6 is 0 Å². The van der Waals surface area contributed by atoms with Crippen LogP contribution in [-0.2, 0) is 0 Å². The second-order valence-corrected chi connectivity index (χ2v) is 2.01. The number of ether oxygens (including phenoxy) is 1. The second kappa shape index (κ2) is 4.33. The molecule has 0 radical (unpaired) electrons. The SMILES string of the molecule is COc1ccccc1C(=O)O.F. The summed E-state index contributed by atoms with van der Waals surface area (Å²) in [4.78, 5) is 10.5. The quantitative estimate of drug-likeness (QED) is 0.736. The van der Waals surface area contributed by atoms with Gasteiger partial charge < -0.3 is 9.84 Å². The molecule has 1 aromatic rings. The molecule has 0 atom stereocenters. The zero-order valence-corrected chi connectivity index (χ0v) is 6.48. The van der Waals surface area contributed by atoms with Crippen LogP contribution in [0.25, 0.3) is 0 Å². The summed E-state index contributed by atoms with van der Waals surface area (Å²) >= 11 is 0. The van der Waals surface area contributed by atoms with E-state index in [2.05, 4.69) is 0 Å². The number of benzene rings is 1. The van der Waals surface area contributed by atoms with E-state index in [-0.39, 0.29) is 10.3 Å². The molecule has 4 heteroatoms. The smallest absolute Gasteiger partial charge is 0.339 e. The predicted molar refractivity (Wildman–Crippen MR) is 42.5 cm³/mol. The highest BCUT2D eigenvalue weighted by Gasteiger charge is 2.07. The molecular formula is C8H9FO3. The molecule has 66 valence electrons. The topological polar surface area (TPSA) is 46.5 Å². The summed E-state index contributed by atoms with van der Waals surface area (Å²) in [7, 11) is 1.45. The molecule has 0 aromatic heterocycles. The van der Waals surface area contributed by atoms with E-state index in [0.717, 1.165) is 0 Å². The number of rotatable bonds is 2. The van der Waals surface area contributed by atoms with Crippen LogP contribution in [-0.4, -0.2) is 18.2 Å². The van der Waals surface area contributed by atoms with Gasteiger partial charge in [-0.05, 0) is 12.1 Å². The van der Waals surface area contributed by atoms with Crippen molar-refractivity contribution in [2.24, 2.45) is 0 Å². The highest BCUT2D eigenvalue weighted by Crippen LogP contribution is 2.16. The normalized spacial score (nSPS) is 8.42. The summed E-state index contributed by atoms with van der Waals surface area (Å²) in [6.45, 7) is 0. The minimum atomic E-state index is -0.970. The van der Waals surface area contributed by atoms with E-state index in [4.69, 9.17) is 9.84 Å². The number of para-hydroxylation sites is 1. The first-order chi connectivity index (χ1) is 5.25. The molecule has 0 aliphatic rings. The summed E-state index contributed by atoms with van der Waals surface area (Å²) in [6.07, 6.45) is 0. The van der Waals surface area contributed by atoms with Crippen molar-refractivity contribution < 1.29 is 19.3 Å². The number of halogens is 1. The molecule has 0 heterocycles. The molecule has 0 bridgehead atoms. The number of methoxy groups -OCH3 is 1. The average molecular weight is 172 g/mol. The molecule has 0 unspecified atom stereocenters. The minimum absolute atomic E-state index is 0. The Morgan fingerprint density at radius 1 is 1.42 bits per heavy atom. The zero-order valence-electron chi connectivity index (χ0n) is 6.48. The molecule has 12 heavy (non-hydrogen) atoms. The molecule has 1 rings (SSSR count). The second-order valence-electron chi connectivity index (χ2n) is 2.01. The van der Waals surface area contributed by atoms with Crippen molar-refractivity contribution in [1.29, 1.82) is 0 Å². The van der Waals surface area contributed by atoms with Gasteiger partial charge in [0.05, 0.1) is 7.11 Å². The summed E-state index contributed by atoms with van der Waals surface area (Å²) in [5, 5.41) is 8.62. The lowest BCUT2D eigenvalue weighted by atomic mass is 10.2. The third-order valence-corrected chi connectivity index (χ3v) is 1.34. The predicted octanol–water partition coefficient (Wildman–Crippen LogP) is 1.55. The zero-order chi connectivity index (χ0) is 8.27. The van der Waals surface area contributed by atoms with Gasteiger partial charge in [-0.2, -0.15) is 0 Å². The monoisotopic (exact) mass is 172 g/mol. The summed E-state index contributed by atoms with van der Waals surface area (Å²) in [5.74, 6) is -0.581. The van der Waals surface area contributed by atoms with Gasteiger partial charge in [-0.1, -0.05) is 12.1 Å². The van der Waals surface area contributed by atoms with Gasteiger partial charge in [-0.25, -0.2) is 4.79 Å². The Kier molecular flexibility index (Phi) is 3.76. The van der Waals surface area contributed by atoms with Crippen LogP contribution in [0.15, 0.2) is 24.3 Å². The van der Waals surface area contributed by atoms with Crippen molar-refractivity contribution in [3.8, 4) is 5.75 Å². The lowest BCUT2D eigenvalue weighted by Crippen LogP contribution is -1.99. The fraction of sp³-hybridized carbons (Fsp3) is 0.125. The summed E-state index contributed by atoms with van der Waals surface area (Å²) < 4.78 is 4.83. The van der Waals surface area contributed by atoms with Crippen molar-refractivity contribution in [2.75, 3.05) is 7.11 Å². The first-order valence-electron chi connectivity index (χ1n) is 3.12. The standard InChI is InChI=1S/C8H8O3.FH/c1-11-7-5-3-2-4-6(7)8(9)10;/h2-5H,1H3,(H,9,10);1H. The van der Waals surface area contributed by atoms with Crippen LogP contribution in [0, 0.1) is 0 Å². The first kappa shape index (κ1) is 10.4. The van der Waals surface area contributed by atoms with Crippen LogP contribution < -0.4 is 4.74 Å². The Labute approximate surface area is 69.0 Å². The number of carboxylic acid groups (broad SMARTS) is 1. The van der Waals surface area contributed by atoms with Gasteiger partial charge in [-0.15, -0.1) is 0 Å². The number of hydrogen-bond donors (Lipinski definition) is 1. The Morgan fingerprint density at radius 3 is 2.42 bits per heavy atom. The van der Waals surface area contributed by atoms with Gasteiger partial charge >= 0.3 is 5.97 Å². The molecule has 0 fully saturated rings. The average Bonchev–Trinajstić information content (AvgIpc) is 2.04. The van der Waals surface area contributed by atoms with Crippen molar-refractivity contribution >= 4 is 5.97 Å². The van der Waals surface area contributed by atoms with Gasteiger partial charge in [0.2, 0.25) is 0 Å². The largest absolute Gasteiger partial charge is 0.496 e. The highest BCUT2D eigenvalue weighted by molar-refractivity contribution is 5.90. The van der Waals surface area contributed by atoms with Crippen LogP contribution in [0.5, 0.6) is 5.75 Å². The van der Waals surface area contributed by atoms with Crippen molar-refractivity contribution in [1.82, 2.24) is 0 Å². The maximum absolute atomic E-state index is 10.5. The fourth-order valence-corrected chi connectivity index (χ4v) is 0.821. The number of hydrogen-bond acceptors (Lipinski definition) is 2. The molecule has 1 aromatic carbocycles. The number of aromatic carboxylic acids is 1. The van der Waals surface area contributed by atoms with Gasteiger partial charge in [0.1, 0.15) is 11.3 Å². The Morgan fingerprint density at radius 2 is 2.00 bits per heavy atom. The lowest BCUT2D eigenvalue weighted by Gasteiger charge is -2.01.